The van der Waals surface area contributed by atoms with Gasteiger partial charge < -0.3 is 27.5 Å². The summed E-state index contributed by atoms with van der Waals surface area (Å²) in [5.74, 6) is 0.499. The molecule has 0 unspecified atom stereocenters. The van der Waals surface area contributed by atoms with Crippen LogP contribution in [0.5, 0.6) is 0 Å². The van der Waals surface area contributed by atoms with Crippen molar-refractivity contribution in [2.75, 3.05) is 62.7 Å². The van der Waals surface area contributed by atoms with Crippen molar-refractivity contribution in [3.63, 3.8) is 0 Å². The van der Waals surface area contributed by atoms with E-state index in [1.807, 2.05) is 41.0 Å². The van der Waals surface area contributed by atoms with Gasteiger partial charge in [0.1, 0.15) is 23.7 Å². The van der Waals surface area contributed by atoms with Crippen LogP contribution in [-0.2, 0) is 9.59 Å². The van der Waals surface area contributed by atoms with Crippen molar-refractivity contribution in [3.8, 4) is 0 Å². The number of rotatable bonds is 11. The summed E-state index contributed by atoms with van der Waals surface area (Å²) in [6.45, 7) is 6.45. The number of hydrogen-bond donors (Lipinski definition) is 5. The molecule has 2 aromatic carbocycles. The van der Waals surface area contributed by atoms with E-state index in [4.69, 9.17) is 28.0 Å². The Kier molecular flexibility index (Phi) is 11.2. The predicted molar refractivity (Wildman–Crippen MR) is 201 cm³/mol. The normalized spacial score (nSPS) is 16.8. The molecule has 0 bridgehead atoms. The second kappa shape index (κ2) is 15.7. The van der Waals surface area contributed by atoms with Crippen molar-refractivity contribution in [3.05, 3.63) is 88.6 Å². The Morgan fingerprint density at radius 3 is 2.42 bits per heavy atom. The van der Waals surface area contributed by atoms with E-state index in [9.17, 15) is 9.59 Å². The van der Waals surface area contributed by atoms with E-state index in [1.165, 1.54) is 11.9 Å². The summed E-state index contributed by atoms with van der Waals surface area (Å²) in [4.78, 5) is 45.2. The molecule has 13 heteroatoms. The van der Waals surface area contributed by atoms with Gasteiger partial charge in [-0.3, -0.25) is 29.8 Å². The van der Waals surface area contributed by atoms with Crippen LogP contribution in [0.4, 0.5) is 17.2 Å². The van der Waals surface area contributed by atoms with Gasteiger partial charge in [-0.25, -0.2) is 9.98 Å². The Bertz CT molecular complexity index is 1880. The Hall–Kier alpha value is -5.69. The SMILES string of the molecule is CCN(C(=O)[C@@H]1CCN(CC(=O)N2CC=C(c3ccc(C(N)=NC=NC)cc3)CC2)C1)c1ccc(N)c(C(=N)c2ccc(N)c(C(C)=N)c2)n1. The molecule has 260 valence electrons. The minimum Gasteiger partial charge on any atom is -0.398 e. The molecule has 3 aromatic rings. The summed E-state index contributed by atoms with van der Waals surface area (Å²) in [7, 11) is 1.64. The molecule has 13 nitrogen and oxygen atoms in total. The Balaban J connectivity index is 1.19. The Morgan fingerprint density at radius 2 is 1.76 bits per heavy atom. The molecule has 0 radical (unpaired) electrons. The van der Waals surface area contributed by atoms with Crippen LogP contribution in [0, 0.1) is 16.7 Å². The highest BCUT2D eigenvalue weighted by molar-refractivity contribution is 6.14. The summed E-state index contributed by atoms with van der Waals surface area (Å²) in [6.07, 6.45) is 4.90. The van der Waals surface area contributed by atoms with Crippen LogP contribution in [0.3, 0.4) is 0 Å². The molecule has 1 atom stereocenters. The maximum Gasteiger partial charge on any atom is 0.237 e. The average Bonchev–Trinajstić information content (AvgIpc) is 3.59. The van der Waals surface area contributed by atoms with Crippen LogP contribution in [0.2, 0.25) is 0 Å². The summed E-state index contributed by atoms with van der Waals surface area (Å²) < 4.78 is 0. The molecule has 1 fully saturated rings. The fourth-order valence-corrected chi connectivity index (χ4v) is 6.31. The van der Waals surface area contributed by atoms with Crippen molar-refractivity contribution in [2.45, 2.75) is 26.7 Å². The summed E-state index contributed by atoms with van der Waals surface area (Å²) in [5, 5.41) is 16.8. The van der Waals surface area contributed by atoms with E-state index >= 15 is 0 Å². The first-order valence-electron chi connectivity index (χ1n) is 16.7. The maximum atomic E-state index is 13.8. The zero-order chi connectivity index (χ0) is 35.9. The monoisotopic (exact) mass is 675 g/mol. The molecular weight excluding hydrogens is 630 g/mol. The number of aliphatic imine (C=N–C) groups is 2. The zero-order valence-electron chi connectivity index (χ0n) is 28.8. The van der Waals surface area contributed by atoms with Gasteiger partial charge in [-0.05, 0) is 68.6 Å². The third kappa shape index (κ3) is 7.95. The second-order valence-electron chi connectivity index (χ2n) is 12.5. The van der Waals surface area contributed by atoms with Gasteiger partial charge in [0.25, 0.3) is 0 Å². The summed E-state index contributed by atoms with van der Waals surface area (Å²) in [6, 6.07) is 16.3. The standard InChI is InChI=1S/C37H45N11O2/c1-4-48(32-12-11-31(40)35(45-32)34(41)27-9-10-30(39)29(19-27)23(2)38)37(50)28-13-16-46(20-28)21-33(49)47-17-14-25(15-18-47)24-5-7-26(8-6-24)36(42)44-22-43-3/h5-12,14,19,22,28,38,41H,4,13,15-18,20-21,39-40H2,1-3H3,(H2,42,43,44)/t28-/m1/s1. The molecule has 2 aliphatic heterocycles. The first kappa shape index (κ1) is 35.6. The van der Waals surface area contributed by atoms with Gasteiger partial charge in [0.05, 0.1) is 23.9 Å². The highest BCUT2D eigenvalue weighted by atomic mass is 16.2. The lowest BCUT2D eigenvalue weighted by Gasteiger charge is -2.29. The number of nitrogens with zero attached hydrogens (tertiary/aromatic N) is 6. The number of amidine groups is 1. The number of nitrogens with two attached hydrogens (primary N) is 3. The Morgan fingerprint density at radius 1 is 1.04 bits per heavy atom. The van der Waals surface area contributed by atoms with Crippen LogP contribution in [0.25, 0.3) is 5.57 Å². The lowest BCUT2D eigenvalue weighted by Crippen LogP contribution is -2.42. The van der Waals surface area contributed by atoms with Crippen molar-refractivity contribution >= 4 is 58.2 Å². The minimum atomic E-state index is -0.288. The predicted octanol–water partition coefficient (Wildman–Crippen LogP) is 3.40. The fourth-order valence-electron chi connectivity index (χ4n) is 6.31. The van der Waals surface area contributed by atoms with E-state index in [2.05, 4.69) is 21.0 Å². The average molecular weight is 676 g/mol. The quantitative estimate of drug-likeness (QED) is 0.116. The van der Waals surface area contributed by atoms with Gasteiger partial charge in [0.15, 0.2) is 0 Å². The number of likely N-dealkylation sites (tertiary alicyclic amines) is 1. The van der Waals surface area contributed by atoms with E-state index in [1.54, 1.807) is 49.2 Å². The molecule has 50 heavy (non-hydrogen) atoms. The fraction of sp³-hybridized carbons (Fsp3) is 0.324. The maximum absolute atomic E-state index is 13.8. The van der Waals surface area contributed by atoms with Gasteiger partial charge in [-0.1, -0.05) is 36.4 Å². The lowest BCUT2D eigenvalue weighted by molar-refractivity contribution is -0.132. The first-order chi connectivity index (χ1) is 24.0. The number of nitrogens with one attached hydrogen (secondary N) is 2. The van der Waals surface area contributed by atoms with Crippen LogP contribution < -0.4 is 22.1 Å². The highest BCUT2D eigenvalue weighted by Gasteiger charge is 2.34. The van der Waals surface area contributed by atoms with Crippen molar-refractivity contribution < 1.29 is 9.59 Å². The van der Waals surface area contributed by atoms with Crippen LogP contribution >= 0.6 is 0 Å². The van der Waals surface area contributed by atoms with Crippen LogP contribution in [0.1, 0.15) is 54.6 Å². The molecule has 0 aliphatic carbocycles. The van der Waals surface area contributed by atoms with Gasteiger partial charge in [0, 0.05) is 61.3 Å². The van der Waals surface area contributed by atoms with E-state index < -0.39 is 0 Å². The number of hydrogen-bond acceptors (Lipinski definition) is 9. The third-order valence-electron chi connectivity index (χ3n) is 9.16. The van der Waals surface area contributed by atoms with Gasteiger partial charge in [-0.2, -0.15) is 0 Å². The van der Waals surface area contributed by atoms with Crippen LogP contribution in [0.15, 0.2) is 70.7 Å². The van der Waals surface area contributed by atoms with E-state index in [-0.39, 0.29) is 35.7 Å². The summed E-state index contributed by atoms with van der Waals surface area (Å²) in [5.41, 5.74) is 23.8. The molecule has 1 saturated heterocycles. The highest BCUT2D eigenvalue weighted by Crippen LogP contribution is 2.27. The van der Waals surface area contributed by atoms with Crippen molar-refractivity contribution in [2.24, 2.45) is 21.6 Å². The zero-order valence-corrected chi connectivity index (χ0v) is 28.8. The molecule has 0 saturated carbocycles. The van der Waals surface area contributed by atoms with Crippen LogP contribution in [-0.4, -0.2) is 96.5 Å². The van der Waals surface area contributed by atoms with E-state index in [0.717, 1.165) is 17.5 Å². The number of carbonyl (C=O) groups is 2. The number of anilines is 3. The lowest BCUT2D eigenvalue weighted by atomic mass is 9.98. The second-order valence-corrected chi connectivity index (χ2v) is 12.5. The third-order valence-corrected chi connectivity index (χ3v) is 9.16. The first-order valence-corrected chi connectivity index (χ1v) is 16.7. The smallest absolute Gasteiger partial charge is 0.237 e. The Labute approximate surface area is 292 Å². The molecule has 1 aromatic heterocycles. The van der Waals surface area contributed by atoms with Gasteiger partial charge in [-0.15, -0.1) is 0 Å². The topological polar surface area (TPSA) is 207 Å². The molecule has 3 heterocycles. The van der Waals surface area contributed by atoms with E-state index in [0.29, 0.717) is 79.0 Å². The number of nitrogen functional groups attached to an aromatic ring is 2. The number of amides is 2. The summed E-state index contributed by atoms with van der Waals surface area (Å²) >= 11 is 0. The van der Waals surface area contributed by atoms with Gasteiger partial charge in [0.2, 0.25) is 11.8 Å². The molecule has 5 rings (SSSR count). The minimum absolute atomic E-state index is 0.0464. The molecule has 8 N–H and O–H groups in total. The van der Waals surface area contributed by atoms with Gasteiger partial charge >= 0.3 is 0 Å². The number of aromatic nitrogens is 1. The van der Waals surface area contributed by atoms with Crippen molar-refractivity contribution in [1.29, 1.82) is 10.8 Å². The molecule has 2 aliphatic rings. The molecule has 0 spiro atoms. The molecule has 2 amide bonds. The largest absolute Gasteiger partial charge is 0.398 e. The number of carbonyl (C=O) groups excluding carboxylic acids is 2. The number of benzene rings is 2. The molecular formula is C37H45N11O2. The van der Waals surface area contributed by atoms with Crippen molar-refractivity contribution in [1.82, 2.24) is 14.8 Å². The number of pyridine rings is 1.